The van der Waals surface area contributed by atoms with E-state index in [9.17, 15) is 4.79 Å². The van der Waals surface area contributed by atoms with Crippen molar-refractivity contribution in [1.82, 2.24) is 0 Å². The number of ketones is 1. The van der Waals surface area contributed by atoms with Gasteiger partial charge in [0.1, 0.15) is 0 Å². The van der Waals surface area contributed by atoms with Crippen LogP contribution in [0.15, 0.2) is 83.6 Å². The molecule has 0 bridgehead atoms. The molecule has 0 unspecified atom stereocenters. The second kappa shape index (κ2) is 6.75. The van der Waals surface area contributed by atoms with E-state index in [1.807, 2.05) is 67.0 Å². The van der Waals surface area contributed by atoms with E-state index >= 15 is 0 Å². The smallest absolute Gasteiger partial charge is 0.163 e. The van der Waals surface area contributed by atoms with Gasteiger partial charge in [0, 0.05) is 40.5 Å². The lowest BCUT2D eigenvalue weighted by molar-refractivity contribution is 0.0975. The van der Waals surface area contributed by atoms with E-state index in [-0.39, 0.29) is 11.7 Å². The van der Waals surface area contributed by atoms with E-state index < -0.39 is 0 Å². The lowest BCUT2D eigenvalue weighted by Gasteiger charge is -2.21. The maximum absolute atomic E-state index is 12.2. The number of Topliss-reactive ketones (excluding diaryl/α,β-unsaturated/α-hetero) is 1. The Hall–Kier alpha value is -2.13. The van der Waals surface area contributed by atoms with E-state index in [1.54, 1.807) is 0 Å². The average molecular weight is 354 g/mol. The number of carbonyl (C=O) groups excluding carboxylic acids is 1. The fourth-order valence-corrected chi connectivity index (χ4v) is 2.66. The SMILES string of the molecule is O=C(CC1C=CN(c2ccc(Br)cc2)C=C1)c1ccccc1. The normalized spacial score (nSPS) is 14.3. The molecule has 2 nitrogen and oxygen atoms in total. The van der Waals surface area contributed by atoms with E-state index in [1.165, 1.54) is 0 Å². The average Bonchev–Trinajstić information content (AvgIpc) is 2.57. The van der Waals surface area contributed by atoms with Gasteiger partial charge in [0.25, 0.3) is 0 Å². The molecular weight excluding hydrogens is 338 g/mol. The lowest BCUT2D eigenvalue weighted by atomic mass is 9.97. The van der Waals surface area contributed by atoms with E-state index in [0.717, 1.165) is 15.7 Å². The Bertz CT molecular complexity index is 690. The summed E-state index contributed by atoms with van der Waals surface area (Å²) in [6, 6.07) is 17.6. The summed E-state index contributed by atoms with van der Waals surface area (Å²) in [6.45, 7) is 0. The van der Waals surface area contributed by atoms with Gasteiger partial charge in [-0.3, -0.25) is 4.79 Å². The van der Waals surface area contributed by atoms with Crippen molar-refractivity contribution in [3.63, 3.8) is 0 Å². The number of rotatable bonds is 4. The van der Waals surface area contributed by atoms with E-state index in [2.05, 4.69) is 33.0 Å². The van der Waals surface area contributed by atoms with Crippen LogP contribution in [0.1, 0.15) is 16.8 Å². The van der Waals surface area contributed by atoms with Gasteiger partial charge in [0.15, 0.2) is 5.78 Å². The Kier molecular flexibility index (Phi) is 4.54. The van der Waals surface area contributed by atoms with Crippen molar-refractivity contribution in [2.75, 3.05) is 4.90 Å². The van der Waals surface area contributed by atoms with Gasteiger partial charge in [-0.15, -0.1) is 0 Å². The minimum atomic E-state index is 0.152. The summed E-state index contributed by atoms with van der Waals surface area (Å²) in [4.78, 5) is 14.3. The molecule has 1 heterocycles. The first kappa shape index (κ1) is 14.8. The summed E-state index contributed by atoms with van der Waals surface area (Å²) in [7, 11) is 0. The highest BCUT2D eigenvalue weighted by Crippen LogP contribution is 2.23. The van der Waals surface area contributed by atoms with Crippen molar-refractivity contribution in [1.29, 1.82) is 0 Å². The molecule has 1 aliphatic heterocycles. The third-order valence-corrected chi connectivity index (χ3v) is 4.16. The zero-order valence-corrected chi connectivity index (χ0v) is 13.6. The Balaban J connectivity index is 1.63. The molecule has 22 heavy (non-hydrogen) atoms. The molecule has 1 aliphatic rings. The second-order valence-electron chi connectivity index (χ2n) is 5.22. The van der Waals surface area contributed by atoms with E-state index in [4.69, 9.17) is 0 Å². The Morgan fingerprint density at radius 3 is 2.23 bits per heavy atom. The molecule has 0 saturated heterocycles. The van der Waals surface area contributed by atoms with Crippen LogP contribution in [0.4, 0.5) is 5.69 Å². The maximum Gasteiger partial charge on any atom is 0.163 e. The minimum Gasteiger partial charge on any atom is -0.324 e. The molecular formula is C19H16BrNO. The largest absolute Gasteiger partial charge is 0.324 e. The number of halogens is 1. The van der Waals surface area contributed by atoms with Gasteiger partial charge in [-0.1, -0.05) is 58.4 Å². The fraction of sp³-hybridized carbons (Fsp3) is 0.105. The standard InChI is InChI=1S/C19H16BrNO/c20-17-6-8-18(9-7-17)21-12-10-15(11-13-21)14-19(22)16-4-2-1-3-5-16/h1-13,15H,14H2. The van der Waals surface area contributed by atoms with Crippen LogP contribution in [0.3, 0.4) is 0 Å². The Morgan fingerprint density at radius 1 is 0.955 bits per heavy atom. The Morgan fingerprint density at radius 2 is 1.59 bits per heavy atom. The van der Waals surface area contributed by atoms with Crippen molar-refractivity contribution in [3.8, 4) is 0 Å². The predicted molar refractivity (Wildman–Crippen MR) is 93.8 cm³/mol. The van der Waals surface area contributed by atoms with Crippen LogP contribution in [0.25, 0.3) is 0 Å². The molecule has 0 fully saturated rings. The van der Waals surface area contributed by atoms with Crippen molar-refractivity contribution < 1.29 is 4.79 Å². The molecule has 0 aromatic heterocycles. The summed E-state index contributed by atoms with van der Waals surface area (Å²) in [5, 5.41) is 0. The number of benzene rings is 2. The summed E-state index contributed by atoms with van der Waals surface area (Å²) in [5.41, 5.74) is 1.88. The number of allylic oxidation sites excluding steroid dienone is 2. The molecule has 0 aliphatic carbocycles. The summed E-state index contributed by atoms with van der Waals surface area (Å²) in [6.07, 6.45) is 8.69. The van der Waals surface area contributed by atoms with Crippen LogP contribution in [-0.4, -0.2) is 5.78 Å². The first-order valence-electron chi connectivity index (χ1n) is 7.21. The van der Waals surface area contributed by atoms with Gasteiger partial charge in [-0.05, 0) is 24.3 Å². The summed E-state index contributed by atoms with van der Waals surface area (Å²) in [5.74, 6) is 0.330. The van der Waals surface area contributed by atoms with Gasteiger partial charge in [0.2, 0.25) is 0 Å². The molecule has 2 aromatic carbocycles. The van der Waals surface area contributed by atoms with Crippen LogP contribution < -0.4 is 4.90 Å². The van der Waals surface area contributed by atoms with Crippen LogP contribution in [0.5, 0.6) is 0 Å². The Labute approximate surface area is 138 Å². The summed E-state index contributed by atoms with van der Waals surface area (Å²) >= 11 is 3.44. The van der Waals surface area contributed by atoms with Gasteiger partial charge in [-0.2, -0.15) is 0 Å². The zero-order chi connectivity index (χ0) is 15.4. The van der Waals surface area contributed by atoms with Gasteiger partial charge in [0.05, 0.1) is 0 Å². The van der Waals surface area contributed by atoms with Crippen molar-refractivity contribution in [2.45, 2.75) is 6.42 Å². The topological polar surface area (TPSA) is 20.3 Å². The van der Waals surface area contributed by atoms with Crippen LogP contribution in [0, 0.1) is 5.92 Å². The second-order valence-corrected chi connectivity index (χ2v) is 6.14. The molecule has 0 atom stereocenters. The lowest BCUT2D eigenvalue weighted by Crippen LogP contribution is -2.14. The van der Waals surface area contributed by atoms with Crippen LogP contribution in [0.2, 0.25) is 0 Å². The first-order valence-corrected chi connectivity index (χ1v) is 8.00. The third kappa shape index (κ3) is 3.55. The van der Waals surface area contributed by atoms with Gasteiger partial charge >= 0.3 is 0 Å². The molecule has 0 N–H and O–H groups in total. The predicted octanol–water partition coefficient (Wildman–Crippen LogP) is 5.19. The molecule has 0 saturated carbocycles. The number of hydrogen-bond donors (Lipinski definition) is 0. The maximum atomic E-state index is 12.2. The quantitative estimate of drug-likeness (QED) is 0.705. The van der Waals surface area contributed by atoms with Crippen molar-refractivity contribution >= 4 is 27.4 Å². The van der Waals surface area contributed by atoms with E-state index in [0.29, 0.717) is 6.42 Å². The highest BCUT2D eigenvalue weighted by Gasteiger charge is 2.14. The van der Waals surface area contributed by atoms with Crippen molar-refractivity contribution in [3.05, 3.63) is 89.2 Å². The molecule has 0 spiro atoms. The molecule has 110 valence electrons. The zero-order valence-electron chi connectivity index (χ0n) is 12.0. The molecule has 2 aromatic rings. The van der Waals surface area contributed by atoms with Crippen LogP contribution in [-0.2, 0) is 0 Å². The first-order chi connectivity index (χ1) is 10.7. The summed E-state index contributed by atoms with van der Waals surface area (Å²) < 4.78 is 1.06. The fourth-order valence-electron chi connectivity index (χ4n) is 2.40. The molecule has 0 amide bonds. The minimum absolute atomic E-state index is 0.152. The number of nitrogens with zero attached hydrogens (tertiary/aromatic N) is 1. The number of hydrogen-bond acceptors (Lipinski definition) is 2. The third-order valence-electron chi connectivity index (χ3n) is 3.63. The highest BCUT2D eigenvalue weighted by molar-refractivity contribution is 9.10. The molecule has 3 rings (SSSR count). The number of carbonyl (C=O) groups is 1. The van der Waals surface area contributed by atoms with Gasteiger partial charge in [-0.25, -0.2) is 0 Å². The monoisotopic (exact) mass is 353 g/mol. The van der Waals surface area contributed by atoms with Gasteiger partial charge < -0.3 is 4.90 Å². The van der Waals surface area contributed by atoms with Crippen LogP contribution >= 0.6 is 15.9 Å². The number of anilines is 1. The van der Waals surface area contributed by atoms with Crippen molar-refractivity contribution in [2.24, 2.45) is 5.92 Å². The molecule has 0 radical (unpaired) electrons. The molecule has 3 heteroatoms. The highest BCUT2D eigenvalue weighted by atomic mass is 79.9.